The molecule has 0 radical (unpaired) electrons. The predicted octanol–water partition coefficient (Wildman–Crippen LogP) is 3.38. The number of ether oxygens (including phenoxy) is 1. The largest absolute Gasteiger partial charge is 0.491 e. The second-order valence-electron chi connectivity index (χ2n) is 5.05. The first-order chi connectivity index (χ1) is 8.66. The molecule has 2 heterocycles. The van der Waals surface area contributed by atoms with Gasteiger partial charge in [-0.2, -0.15) is 0 Å². The third kappa shape index (κ3) is 3.59. The summed E-state index contributed by atoms with van der Waals surface area (Å²) in [6.07, 6.45) is 7.25. The summed E-state index contributed by atoms with van der Waals surface area (Å²) in [5.74, 6) is 0.750. The van der Waals surface area contributed by atoms with E-state index in [9.17, 15) is 0 Å². The Morgan fingerprint density at radius 1 is 1.33 bits per heavy atom. The van der Waals surface area contributed by atoms with Crippen molar-refractivity contribution in [2.45, 2.75) is 45.2 Å². The normalized spacial score (nSPS) is 25.1. The Hall–Kier alpha value is -0.800. The molecule has 1 aliphatic heterocycles. The summed E-state index contributed by atoms with van der Waals surface area (Å²) >= 11 is 5.87. The molecule has 18 heavy (non-hydrogen) atoms. The van der Waals surface area contributed by atoms with Crippen LogP contribution in [0.15, 0.2) is 18.5 Å². The number of pyridine rings is 1. The molecule has 0 N–H and O–H groups in total. The molecule has 0 aliphatic carbocycles. The Labute approximate surface area is 114 Å². The number of likely N-dealkylation sites (tertiary alicyclic amines) is 1. The topological polar surface area (TPSA) is 25.4 Å². The lowest BCUT2D eigenvalue weighted by Crippen LogP contribution is -2.45. The zero-order valence-electron chi connectivity index (χ0n) is 11.1. The molecule has 1 aromatic rings. The van der Waals surface area contributed by atoms with Gasteiger partial charge < -0.3 is 4.74 Å². The quantitative estimate of drug-likeness (QED) is 0.837. The molecule has 1 saturated heterocycles. The molecule has 1 fully saturated rings. The number of halogens is 1. The Morgan fingerprint density at radius 3 is 2.72 bits per heavy atom. The van der Waals surface area contributed by atoms with E-state index in [4.69, 9.17) is 16.3 Å². The van der Waals surface area contributed by atoms with Crippen LogP contribution in [0.1, 0.15) is 33.1 Å². The Bertz CT molecular complexity index is 376. The highest BCUT2D eigenvalue weighted by molar-refractivity contribution is 6.30. The first-order valence-electron chi connectivity index (χ1n) is 6.66. The van der Waals surface area contributed by atoms with Crippen molar-refractivity contribution in [2.24, 2.45) is 0 Å². The van der Waals surface area contributed by atoms with E-state index in [0.29, 0.717) is 23.7 Å². The molecule has 0 amide bonds. The highest BCUT2D eigenvalue weighted by Crippen LogP contribution is 2.22. The van der Waals surface area contributed by atoms with Crippen LogP contribution < -0.4 is 4.74 Å². The van der Waals surface area contributed by atoms with Crippen LogP contribution >= 0.6 is 11.6 Å². The van der Waals surface area contributed by atoms with Gasteiger partial charge in [-0.25, -0.2) is 0 Å². The van der Waals surface area contributed by atoms with Crippen LogP contribution in [0.25, 0.3) is 0 Å². The van der Waals surface area contributed by atoms with Crippen molar-refractivity contribution in [3.8, 4) is 5.75 Å². The van der Waals surface area contributed by atoms with Gasteiger partial charge in [0.25, 0.3) is 0 Å². The van der Waals surface area contributed by atoms with Gasteiger partial charge in [0.15, 0.2) is 0 Å². The van der Waals surface area contributed by atoms with Crippen LogP contribution in [0.4, 0.5) is 0 Å². The van der Waals surface area contributed by atoms with E-state index in [2.05, 4.69) is 23.7 Å². The fourth-order valence-corrected chi connectivity index (χ4v) is 2.82. The van der Waals surface area contributed by atoms with Gasteiger partial charge >= 0.3 is 0 Å². The second-order valence-corrected chi connectivity index (χ2v) is 5.49. The summed E-state index contributed by atoms with van der Waals surface area (Å²) in [4.78, 5) is 6.54. The van der Waals surface area contributed by atoms with Crippen molar-refractivity contribution in [3.63, 3.8) is 0 Å². The third-order valence-electron chi connectivity index (χ3n) is 3.67. The van der Waals surface area contributed by atoms with Crippen LogP contribution in [0.2, 0.25) is 5.02 Å². The Morgan fingerprint density at radius 2 is 2.06 bits per heavy atom. The molecule has 2 rings (SSSR count). The van der Waals surface area contributed by atoms with Crippen molar-refractivity contribution >= 4 is 11.6 Å². The summed E-state index contributed by atoms with van der Waals surface area (Å²) in [5, 5.41) is 0.618. The monoisotopic (exact) mass is 268 g/mol. The van der Waals surface area contributed by atoms with Crippen LogP contribution in [-0.2, 0) is 0 Å². The van der Waals surface area contributed by atoms with Crippen molar-refractivity contribution in [1.82, 2.24) is 9.88 Å². The van der Waals surface area contributed by atoms with E-state index in [1.807, 2.05) is 0 Å². The van der Waals surface area contributed by atoms with Gasteiger partial charge in [-0.05, 0) is 26.7 Å². The predicted molar refractivity (Wildman–Crippen MR) is 74.2 cm³/mol. The number of piperidine rings is 1. The molecule has 0 saturated carbocycles. The smallest absolute Gasteiger partial charge is 0.139 e. The van der Waals surface area contributed by atoms with Crippen LogP contribution in [0.5, 0.6) is 5.75 Å². The van der Waals surface area contributed by atoms with Gasteiger partial charge in [-0.3, -0.25) is 9.88 Å². The Kier molecular flexibility index (Phi) is 4.84. The maximum Gasteiger partial charge on any atom is 0.139 e. The van der Waals surface area contributed by atoms with Crippen LogP contribution in [0, 0.1) is 0 Å². The molecule has 4 heteroatoms. The van der Waals surface area contributed by atoms with Crippen molar-refractivity contribution in [2.75, 3.05) is 13.2 Å². The number of nitrogens with zero attached hydrogens (tertiary/aromatic N) is 2. The van der Waals surface area contributed by atoms with Gasteiger partial charge in [-0.1, -0.05) is 18.0 Å². The minimum absolute atomic E-state index is 0.618. The molecule has 100 valence electrons. The highest BCUT2D eigenvalue weighted by Gasteiger charge is 2.23. The van der Waals surface area contributed by atoms with Crippen LogP contribution in [0.3, 0.4) is 0 Å². The van der Waals surface area contributed by atoms with Gasteiger partial charge in [0.2, 0.25) is 0 Å². The fraction of sp³-hybridized carbons (Fsp3) is 0.643. The van der Waals surface area contributed by atoms with E-state index in [1.54, 1.807) is 18.5 Å². The maximum atomic E-state index is 5.87. The van der Waals surface area contributed by atoms with Crippen LogP contribution in [-0.4, -0.2) is 35.1 Å². The lowest BCUT2D eigenvalue weighted by atomic mass is 9.98. The molecule has 1 aromatic heterocycles. The number of hydrogen-bond donors (Lipinski definition) is 0. The molecule has 2 unspecified atom stereocenters. The van der Waals surface area contributed by atoms with Crippen molar-refractivity contribution < 1.29 is 4.74 Å². The summed E-state index contributed by atoms with van der Waals surface area (Å²) in [6.45, 7) is 6.26. The van der Waals surface area contributed by atoms with E-state index in [0.717, 1.165) is 12.3 Å². The average molecular weight is 269 g/mol. The maximum absolute atomic E-state index is 5.87. The number of hydrogen-bond acceptors (Lipinski definition) is 3. The molecule has 0 spiro atoms. The highest BCUT2D eigenvalue weighted by atomic mass is 35.5. The minimum Gasteiger partial charge on any atom is -0.491 e. The van der Waals surface area contributed by atoms with Crippen molar-refractivity contribution in [3.05, 3.63) is 23.5 Å². The SMILES string of the molecule is CC1CCCC(C)N1CCOc1cncc(Cl)c1. The van der Waals surface area contributed by atoms with Gasteiger partial charge in [0.1, 0.15) is 12.4 Å². The zero-order valence-corrected chi connectivity index (χ0v) is 11.9. The van der Waals surface area contributed by atoms with Gasteiger partial charge in [-0.15, -0.1) is 0 Å². The molecule has 0 aromatic carbocycles. The summed E-state index contributed by atoms with van der Waals surface area (Å²) in [7, 11) is 0. The molecular formula is C14H21ClN2O. The van der Waals surface area contributed by atoms with Crippen molar-refractivity contribution in [1.29, 1.82) is 0 Å². The Balaban J connectivity index is 1.81. The minimum atomic E-state index is 0.618. The summed E-state index contributed by atoms with van der Waals surface area (Å²) < 4.78 is 5.70. The molecule has 3 nitrogen and oxygen atoms in total. The molecule has 1 aliphatic rings. The third-order valence-corrected chi connectivity index (χ3v) is 3.88. The lowest BCUT2D eigenvalue weighted by Gasteiger charge is -2.38. The summed E-state index contributed by atoms with van der Waals surface area (Å²) in [5.41, 5.74) is 0. The first kappa shape index (κ1) is 13.6. The van der Waals surface area contributed by atoms with Gasteiger partial charge in [0, 0.05) is 30.9 Å². The molecule has 2 atom stereocenters. The van der Waals surface area contributed by atoms with E-state index < -0.39 is 0 Å². The second kappa shape index (κ2) is 6.39. The lowest BCUT2D eigenvalue weighted by molar-refractivity contribution is 0.0851. The summed E-state index contributed by atoms with van der Waals surface area (Å²) in [6, 6.07) is 3.13. The molecular weight excluding hydrogens is 248 g/mol. The van der Waals surface area contributed by atoms with E-state index >= 15 is 0 Å². The van der Waals surface area contributed by atoms with E-state index in [-0.39, 0.29) is 0 Å². The van der Waals surface area contributed by atoms with Gasteiger partial charge in [0.05, 0.1) is 11.2 Å². The standard InChI is InChI=1S/C14H21ClN2O/c1-11-4-3-5-12(2)17(11)6-7-18-14-8-13(15)9-16-10-14/h8-12H,3-7H2,1-2H3. The first-order valence-corrected chi connectivity index (χ1v) is 7.03. The number of aromatic nitrogens is 1. The number of rotatable bonds is 4. The zero-order chi connectivity index (χ0) is 13.0. The average Bonchev–Trinajstić information content (AvgIpc) is 2.33. The molecule has 0 bridgehead atoms. The van der Waals surface area contributed by atoms with E-state index in [1.165, 1.54) is 19.3 Å². The fourth-order valence-electron chi connectivity index (χ4n) is 2.66.